The number of Topliss-reactive ketones (excluding diaryl/α,β-unsaturated/α-hetero) is 1. The van der Waals surface area contributed by atoms with Crippen molar-refractivity contribution in [1.82, 2.24) is 0 Å². The zero-order valence-corrected chi connectivity index (χ0v) is 15.7. The summed E-state index contributed by atoms with van der Waals surface area (Å²) in [5, 5.41) is 0. The quantitative estimate of drug-likeness (QED) is 0.457. The van der Waals surface area contributed by atoms with Crippen LogP contribution in [0, 0.1) is 17.8 Å². The van der Waals surface area contributed by atoms with Crippen LogP contribution in [-0.2, 0) is 16.0 Å². The lowest BCUT2D eigenvalue weighted by Gasteiger charge is -2.56. The highest BCUT2D eigenvalue weighted by molar-refractivity contribution is 6.49. The van der Waals surface area contributed by atoms with E-state index in [9.17, 15) is 9.59 Å². The van der Waals surface area contributed by atoms with Crippen LogP contribution in [0.15, 0.2) is 18.2 Å². The number of benzene rings is 1. The van der Waals surface area contributed by atoms with Gasteiger partial charge in [-0.05, 0) is 62.3 Å². The van der Waals surface area contributed by atoms with Crippen LogP contribution >= 0.6 is 11.6 Å². The monoisotopic (exact) mass is 374 g/mol. The summed E-state index contributed by atoms with van der Waals surface area (Å²) >= 11 is 6.63. The average molecular weight is 375 g/mol. The minimum atomic E-state index is -1.65. The number of esters is 1. The molecule has 138 valence electrons. The van der Waals surface area contributed by atoms with Gasteiger partial charge in [0.15, 0.2) is 5.78 Å². The molecular formula is C21H23ClO4. The van der Waals surface area contributed by atoms with Crippen LogP contribution in [0.1, 0.15) is 54.4 Å². The number of carbonyl (C=O) groups excluding carboxylic acids is 2. The summed E-state index contributed by atoms with van der Waals surface area (Å²) in [6.07, 6.45) is 6.74. The van der Waals surface area contributed by atoms with Gasteiger partial charge in [0.05, 0.1) is 7.11 Å². The van der Waals surface area contributed by atoms with E-state index < -0.39 is 16.4 Å². The lowest BCUT2D eigenvalue weighted by molar-refractivity contribution is -0.188. The molecule has 0 N–H and O–H groups in total. The summed E-state index contributed by atoms with van der Waals surface area (Å²) < 4.78 is 11.4. The Labute approximate surface area is 158 Å². The molecule has 0 amide bonds. The number of carbonyl (C=O) groups is 2. The van der Waals surface area contributed by atoms with Gasteiger partial charge >= 0.3 is 5.97 Å². The molecule has 26 heavy (non-hydrogen) atoms. The maximum atomic E-state index is 13.1. The largest absolute Gasteiger partial charge is 0.496 e. The Morgan fingerprint density at radius 1 is 1.12 bits per heavy atom. The number of fused-ring (bicyclic) bond motifs is 1. The van der Waals surface area contributed by atoms with Gasteiger partial charge < -0.3 is 9.47 Å². The fourth-order valence-corrected chi connectivity index (χ4v) is 6.56. The molecule has 0 heterocycles. The van der Waals surface area contributed by atoms with Crippen LogP contribution in [-0.4, -0.2) is 29.3 Å². The maximum Gasteiger partial charge on any atom is 0.336 e. The molecule has 1 atom stereocenters. The smallest absolute Gasteiger partial charge is 0.336 e. The molecule has 4 fully saturated rings. The van der Waals surface area contributed by atoms with Crippen molar-refractivity contribution in [3.8, 4) is 5.75 Å². The molecule has 6 rings (SSSR count). The number of alkyl halides is 1. The number of ether oxygens (including phenoxy) is 2. The molecule has 0 saturated heterocycles. The van der Waals surface area contributed by atoms with Crippen molar-refractivity contribution in [2.45, 2.75) is 55.4 Å². The predicted octanol–water partition coefficient (Wildman–Crippen LogP) is 3.92. The summed E-state index contributed by atoms with van der Waals surface area (Å²) in [4.78, 5) is 24.4. The Morgan fingerprint density at radius 2 is 1.73 bits per heavy atom. The van der Waals surface area contributed by atoms with Crippen LogP contribution in [0.2, 0.25) is 0 Å². The van der Waals surface area contributed by atoms with E-state index in [1.54, 1.807) is 25.3 Å². The molecule has 5 aliphatic rings. The number of methoxy groups -OCH3 is 1. The molecule has 0 aromatic heterocycles. The van der Waals surface area contributed by atoms with E-state index >= 15 is 0 Å². The average Bonchev–Trinajstić information content (AvgIpc) is 2.86. The molecule has 5 aliphatic carbocycles. The first-order valence-electron chi connectivity index (χ1n) is 9.55. The van der Waals surface area contributed by atoms with E-state index in [0.717, 1.165) is 19.3 Å². The highest BCUT2D eigenvalue weighted by Gasteiger charge is 2.58. The van der Waals surface area contributed by atoms with Crippen LogP contribution in [0.4, 0.5) is 0 Å². The number of hydrogen-bond donors (Lipinski definition) is 0. The lowest BCUT2D eigenvalue weighted by atomic mass is 9.54. The Morgan fingerprint density at radius 3 is 2.31 bits per heavy atom. The van der Waals surface area contributed by atoms with Crippen molar-refractivity contribution in [2.75, 3.05) is 7.11 Å². The van der Waals surface area contributed by atoms with Crippen molar-refractivity contribution < 1.29 is 19.1 Å². The summed E-state index contributed by atoms with van der Waals surface area (Å²) in [5.74, 6) is 1.67. The first kappa shape index (κ1) is 16.6. The fourth-order valence-electron chi connectivity index (χ4n) is 6.29. The van der Waals surface area contributed by atoms with Crippen LogP contribution in [0.3, 0.4) is 0 Å². The molecule has 4 bridgehead atoms. The molecule has 4 saturated carbocycles. The van der Waals surface area contributed by atoms with E-state index in [0.29, 0.717) is 34.6 Å². The Bertz CT molecular complexity index is 766. The minimum absolute atomic E-state index is 0.137. The number of rotatable bonds is 3. The predicted molar refractivity (Wildman–Crippen MR) is 96.6 cm³/mol. The van der Waals surface area contributed by atoms with Gasteiger partial charge in [-0.1, -0.05) is 23.7 Å². The lowest BCUT2D eigenvalue weighted by Crippen LogP contribution is -2.55. The second-order valence-electron chi connectivity index (χ2n) is 8.78. The van der Waals surface area contributed by atoms with Crippen LogP contribution in [0.25, 0.3) is 0 Å². The van der Waals surface area contributed by atoms with E-state index in [1.165, 1.54) is 19.3 Å². The molecular weight excluding hydrogens is 352 g/mol. The molecule has 1 aromatic rings. The molecule has 0 radical (unpaired) electrons. The summed E-state index contributed by atoms with van der Waals surface area (Å²) in [5.41, 5.74) is 0.784. The van der Waals surface area contributed by atoms with Crippen molar-refractivity contribution in [3.63, 3.8) is 0 Å². The van der Waals surface area contributed by atoms with Crippen molar-refractivity contribution >= 4 is 23.4 Å². The van der Waals surface area contributed by atoms with Gasteiger partial charge in [0.2, 0.25) is 4.87 Å². The summed E-state index contributed by atoms with van der Waals surface area (Å²) in [7, 11) is 1.56. The first-order valence-corrected chi connectivity index (χ1v) is 9.93. The van der Waals surface area contributed by atoms with Gasteiger partial charge in [-0.25, -0.2) is 4.79 Å². The number of halogens is 1. The number of hydrogen-bond acceptors (Lipinski definition) is 4. The first-order chi connectivity index (χ1) is 12.4. The SMILES string of the molecule is COc1cccc2c1C[C@](Cl)(C(=O)OC13CC4CC(CC(C4)C1)C3)C2=O. The zero-order valence-electron chi connectivity index (χ0n) is 14.9. The summed E-state index contributed by atoms with van der Waals surface area (Å²) in [6, 6.07) is 5.25. The molecule has 5 heteroatoms. The van der Waals surface area contributed by atoms with E-state index in [2.05, 4.69) is 0 Å². The van der Waals surface area contributed by atoms with Crippen LogP contribution < -0.4 is 4.74 Å². The van der Waals surface area contributed by atoms with Crippen molar-refractivity contribution in [2.24, 2.45) is 17.8 Å². The van der Waals surface area contributed by atoms with Crippen molar-refractivity contribution in [3.05, 3.63) is 29.3 Å². The van der Waals surface area contributed by atoms with E-state index in [1.807, 2.05) is 0 Å². The van der Waals surface area contributed by atoms with Gasteiger partial charge in [0.1, 0.15) is 11.4 Å². The van der Waals surface area contributed by atoms with Gasteiger partial charge in [-0.3, -0.25) is 4.79 Å². The fraction of sp³-hybridized carbons (Fsp3) is 0.619. The van der Waals surface area contributed by atoms with Crippen LogP contribution in [0.5, 0.6) is 5.75 Å². The second kappa shape index (κ2) is 5.48. The molecule has 1 aromatic carbocycles. The highest BCUT2D eigenvalue weighted by atomic mass is 35.5. The molecule has 0 spiro atoms. The van der Waals surface area contributed by atoms with Crippen molar-refractivity contribution in [1.29, 1.82) is 0 Å². The third-order valence-electron chi connectivity index (χ3n) is 6.99. The Kier molecular flexibility index (Phi) is 3.50. The van der Waals surface area contributed by atoms with Gasteiger partial charge in [0, 0.05) is 17.5 Å². The molecule has 0 unspecified atom stereocenters. The van der Waals surface area contributed by atoms with Gasteiger partial charge in [-0.15, -0.1) is 0 Å². The van der Waals surface area contributed by atoms with E-state index in [-0.39, 0.29) is 12.2 Å². The third kappa shape index (κ3) is 2.27. The number of ketones is 1. The standard InChI is InChI=1S/C21H23ClO4/c1-25-17-4-2-3-15-16(17)11-21(22,18(15)23)19(24)26-20-8-12-5-13(9-20)7-14(6-12)10-20/h2-4,12-14H,5-11H2,1H3/t12?,13?,14?,20?,21-/m1/s1. The highest BCUT2D eigenvalue weighted by Crippen LogP contribution is 2.57. The summed E-state index contributed by atoms with van der Waals surface area (Å²) in [6.45, 7) is 0. The van der Waals surface area contributed by atoms with Gasteiger partial charge in [0.25, 0.3) is 0 Å². The van der Waals surface area contributed by atoms with Gasteiger partial charge in [-0.2, -0.15) is 0 Å². The maximum absolute atomic E-state index is 13.1. The Hall–Kier alpha value is -1.55. The molecule has 0 aliphatic heterocycles. The van der Waals surface area contributed by atoms with E-state index in [4.69, 9.17) is 21.1 Å². The zero-order chi connectivity index (χ0) is 18.1. The topological polar surface area (TPSA) is 52.6 Å². The third-order valence-corrected chi connectivity index (χ3v) is 7.45. The minimum Gasteiger partial charge on any atom is -0.496 e. The molecule has 4 nitrogen and oxygen atoms in total. The Balaban J connectivity index is 1.42. The second-order valence-corrected chi connectivity index (χ2v) is 9.43. The normalized spacial score (nSPS) is 39.8.